The molecular formula is C14H19Cl2N3. The van der Waals surface area contributed by atoms with Gasteiger partial charge in [-0.15, -0.1) is 11.6 Å². The second-order valence-corrected chi connectivity index (χ2v) is 6.17. The van der Waals surface area contributed by atoms with Crippen LogP contribution in [0.3, 0.4) is 0 Å². The van der Waals surface area contributed by atoms with Gasteiger partial charge in [-0.05, 0) is 31.6 Å². The molecule has 2 unspecified atom stereocenters. The monoisotopic (exact) mass is 299 g/mol. The molecule has 5 heteroatoms. The highest BCUT2D eigenvalue weighted by Gasteiger charge is 2.34. The first-order chi connectivity index (χ1) is 9.31. The van der Waals surface area contributed by atoms with E-state index in [0.717, 1.165) is 23.8 Å². The number of rotatable bonds is 2. The summed E-state index contributed by atoms with van der Waals surface area (Å²) in [7, 11) is 0. The molecule has 1 aliphatic heterocycles. The average Bonchev–Trinajstić information content (AvgIpc) is 2.46. The zero-order valence-electron chi connectivity index (χ0n) is 11.0. The molecule has 1 saturated carbocycles. The van der Waals surface area contributed by atoms with Crippen LogP contribution in [0, 0.1) is 5.92 Å². The summed E-state index contributed by atoms with van der Waals surface area (Å²) >= 11 is 12.2. The highest BCUT2D eigenvalue weighted by Crippen LogP contribution is 2.39. The van der Waals surface area contributed by atoms with Gasteiger partial charge >= 0.3 is 0 Å². The lowest BCUT2D eigenvalue weighted by molar-refractivity contribution is 0.242. The molecule has 2 fully saturated rings. The third kappa shape index (κ3) is 2.55. The Balaban J connectivity index is 1.94. The van der Waals surface area contributed by atoms with Crippen molar-refractivity contribution in [3.8, 4) is 0 Å². The Morgan fingerprint density at radius 3 is 2.79 bits per heavy atom. The maximum atomic E-state index is 6.16. The summed E-state index contributed by atoms with van der Waals surface area (Å²) in [4.78, 5) is 11.0. The van der Waals surface area contributed by atoms with Crippen molar-refractivity contribution in [3.63, 3.8) is 0 Å². The van der Waals surface area contributed by atoms with Crippen molar-refractivity contribution >= 4 is 29.0 Å². The minimum Gasteiger partial charge on any atom is -0.353 e. The van der Waals surface area contributed by atoms with E-state index in [-0.39, 0.29) is 0 Å². The average molecular weight is 300 g/mol. The van der Waals surface area contributed by atoms with Gasteiger partial charge < -0.3 is 4.90 Å². The first kappa shape index (κ1) is 13.4. The molecule has 3 rings (SSSR count). The second-order valence-electron chi connectivity index (χ2n) is 5.55. The fraction of sp³-hybridized carbons (Fsp3) is 0.714. The van der Waals surface area contributed by atoms with E-state index in [2.05, 4.69) is 14.9 Å². The van der Waals surface area contributed by atoms with Crippen molar-refractivity contribution in [1.29, 1.82) is 0 Å². The summed E-state index contributed by atoms with van der Waals surface area (Å²) in [5.74, 6) is 2.16. The molecule has 0 bridgehead atoms. The largest absolute Gasteiger partial charge is 0.353 e. The molecule has 0 amide bonds. The molecule has 1 aliphatic carbocycles. The second kappa shape index (κ2) is 5.84. The zero-order chi connectivity index (χ0) is 13.2. The number of piperidine rings is 1. The van der Waals surface area contributed by atoms with Gasteiger partial charge in [0.2, 0.25) is 0 Å². The van der Waals surface area contributed by atoms with E-state index in [0.29, 0.717) is 17.1 Å². The number of hydrogen-bond donors (Lipinski definition) is 0. The normalized spacial score (nSPS) is 27.2. The fourth-order valence-electron chi connectivity index (χ4n) is 3.63. The van der Waals surface area contributed by atoms with Crippen molar-refractivity contribution in [3.05, 3.63) is 17.0 Å². The topological polar surface area (TPSA) is 29.0 Å². The summed E-state index contributed by atoms with van der Waals surface area (Å²) in [5, 5.41) is 0.498. The number of halogens is 2. The van der Waals surface area contributed by atoms with Crippen molar-refractivity contribution in [2.24, 2.45) is 5.92 Å². The highest BCUT2D eigenvalue weighted by atomic mass is 35.5. The minimum absolute atomic E-state index is 0.378. The Kier molecular flexibility index (Phi) is 4.13. The molecule has 1 aromatic rings. The SMILES string of the molecule is ClCc1c(Cl)ncnc1N1CCCC2CCCCC21. The lowest BCUT2D eigenvalue weighted by Gasteiger charge is -2.45. The number of aromatic nitrogens is 2. The summed E-state index contributed by atoms with van der Waals surface area (Å²) in [6.45, 7) is 1.07. The Bertz CT molecular complexity index is 450. The maximum absolute atomic E-state index is 6.16. The number of alkyl halides is 1. The van der Waals surface area contributed by atoms with Crippen LogP contribution in [0.25, 0.3) is 0 Å². The van der Waals surface area contributed by atoms with Crippen molar-refractivity contribution < 1.29 is 0 Å². The van der Waals surface area contributed by atoms with E-state index in [1.54, 1.807) is 6.33 Å². The van der Waals surface area contributed by atoms with Crippen molar-refractivity contribution in [1.82, 2.24) is 9.97 Å². The summed E-state index contributed by atoms with van der Waals surface area (Å²) in [6, 6.07) is 0.621. The first-order valence-corrected chi connectivity index (χ1v) is 8.04. The van der Waals surface area contributed by atoms with E-state index in [1.165, 1.54) is 38.5 Å². The minimum atomic E-state index is 0.378. The molecule has 19 heavy (non-hydrogen) atoms. The number of hydrogen-bond acceptors (Lipinski definition) is 3. The number of fused-ring (bicyclic) bond motifs is 1. The van der Waals surface area contributed by atoms with Crippen molar-refractivity contribution in [2.75, 3.05) is 11.4 Å². The van der Waals surface area contributed by atoms with E-state index < -0.39 is 0 Å². The van der Waals surface area contributed by atoms with Crippen molar-refractivity contribution in [2.45, 2.75) is 50.4 Å². The van der Waals surface area contributed by atoms with E-state index in [9.17, 15) is 0 Å². The van der Waals surface area contributed by atoms with Gasteiger partial charge in [0, 0.05) is 18.2 Å². The third-order valence-electron chi connectivity index (χ3n) is 4.52. The van der Waals surface area contributed by atoms with Gasteiger partial charge in [0.1, 0.15) is 17.3 Å². The molecule has 2 atom stereocenters. The van der Waals surface area contributed by atoms with Crippen LogP contribution in [0.15, 0.2) is 6.33 Å². The smallest absolute Gasteiger partial charge is 0.138 e. The molecule has 3 nitrogen and oxygen atoms in total. The maximum Gasteiger partial charge on any atom is 0.138 e. The van der Waals surface area contributed by atoms with Crippen LogP contribution < -0.4 is 4.90 Å². The predicted molar refractivity (Wildman–Crippen MR) is 78.9 cm³/mol. The lowest BCUT2D eigenvalue weighted by atomic mass is 9.78. The summed E-state index contributed by atoms with van der Waals surface area (Å²) in [6.07, 6.45) is 9.49. The van der Waals surface area contributed by atoms with Gasteiger partial charge in [0.15, 0.2) is 0 Å². The van der Waals surface area contributed by atoms with Gasteiger partial charge in [0.25, 0.3) is 0 Å². The predicted octanol–water partition coefficient (Wildman–Crippen LogP) is 4.03. The Morgan fingerprint density at radius 1 is 1.16 bits per heavy atom. The van der Waals surface area contributed by atoms with Crippen LogP contribution in [0.2, 0.25) is 5.15 Å². The molecule has 0 radical (unpaired) electrons. The third-order valence-corrected chi connectivity index (χ3v) is 5.11. The fourth-order valence-corrected chi connectivity index (χ4v) is 4.14. The van der Waals surface area contributed by atoms with Crippen LogP contribution in [0.5, 0.6) is 0 Å². The molecule has 1 aromatic heterocycles. The molecule has 2 heterocycles. The standard InChI is InChI=1S/C14H19Cl2N3/c15-8-11-13(16)17-9-18-14(11)19-7-3-5-10-4-1-2-6-12(10)19/h9-10,12H,1-8H2. The Labute approximate surface area is 124 Å². The van der Waals surface area contributed by atoms with Crippen LogP contribution in [-0.4, -0.2) is 22.6 Å². The summed E-state index contributed by atoms with van der Waals surface area (Å²) < 4.78 is 0. The molecule has 2 aliphatic rings. The van der Waals surface area contributed by atoms with E-state index in [1.807, 2.05) is 0 Å². The van der Waals surface area contributed by atoms with Gasteiger partial charge in [-0.3, -0.25) is 0 Å². The molecule has 1 saturated heterocycles. The lowest BCUT2D eigenvalue weighted by Crippen LogP contribution is -2.47. The molecule has 0 spiro atoms. The van der Waals surface area contributed by atoms with Gasteiger partial charge in [-0.1, -0.05) is 24.4 Å². The molecule has 104 valence electrons. The Morgan fingerprint density at radius 2 is 1.95 bits per heavy atom. The molecule has 0 aromatic carbocycles. The molecular weight excluding hydrogens is 281 g/mol. The van der Waals surface area contributed by atoms with Crippen LogP contribution >= 0.6 is 23.2 Å². The van der Waals surface area contributed by atoms with Gasteiger partial charge in [0.05, 0.1) is 5.88 Å². The highest BCUT2D eigenvalue weighted by molar-refractivity contribution is 6.31. The molecule has 0 N–H and O–H groups in total. The summed E-state index contributed by atoms with van der Waals surface area (Å²) in [5.41, 5.74) is 0.886. The van der Waals surface area contributed by atoms with Crippen LogP contribution in [0.4, 0.5) is 5.82 Å². The van der Waals surface area contributed by atoms with Gasteiger partial charge in [-0.2, -0.15) is 0 Å². The quantitative estimate of drug-likeness (QED) is 0.610. The van der Waals surface area contributed by atoms with E-state index in [4.69, 9.17) is 23.2 Å². The number of nitrogens with zero attached hydrogens (tertiary/aromatic N) is 3. The number of anilines is 1. The van der Waals surface area contributed by atoms with Crippen LogP contribution in [-0.2, 0) is 5.88 Å². The van der Waals surface area contributed by atoms with E-state index >= 15 is 0 Å². The van der Waals surface area contributed by atoms with Gasteiger partial charge in [-0.25, -0.2) is 9.97 Å². The zero-order valence-corrected chi connectivity index (χ0v) is 12.5. The Hall–Kier alpha value is -0.540. The van der Waals surface area contributed by atoms with Crippen LogP contribution in [0.1, 0.15) is 44.1 Å². The first-order valence-electron chi connectivity index (χ1n) is 7.13.